The van der Waals surface area contributed by atoms with Crippen molar-refractivity contribution in [3.63, 3.8) is 0 Å². The zero-order valence-corrected chi connectivity index (χ0v) is 20.3. The highest BCUT2D eigenvalue weighted by atomic mass is 35.5. The summed E-state index contributed by atoms with van der Waals surface area (Å²) in [6.07, 6.45) is 4.54. The summed E-state index contributed by atoms with van der Waals surface area (Å²) < 4.78 is 33.1. The standard InChI is InChI=1S/C23H23ClF2N6O.CH5N/c1-28-19-7-18(14-2-4-31(5-3-14)17-12-33-13-17)15(9-27)6-16(19)10-29-20-11-30-32(22(20)24)21-8-23(21,25)26;1-2/h6-7,10-11,14,17,21H,1-5,8,12-13H2;2H2,1H3. The minimum atomic E-state index is -2.78. The maximum atomic E-state index is 13.4. The molecule has 35 heavy (non-hydrogen) atoms. The van der Waals surface area contributed by atoms with Crippen LogP contribution in [0.15, 0.2) is 28.3 Å². The number of rotatable bonds is 6. The first-order chi connectivity index (χ1) is 16.9. The highest BCUT2D eigenvalue weighted by Crippen LogP contribution is 2.53. The highest BCUT2D eigenvalue weighted by molar-refractivity contribution is 6.32. The Kier molecular flexibility index (Phi) is 7.62. The Morgan fingerprint density at radius 3 is 2.51 bits per heavy atom. The van der Waals surface area contributed by atoms with E-state index in [1.165, 1.54) is 19.5 Å². The van der Waals surface area contributed by atoms with E-state index < -0.39 is 12.0 Å². The van der Waals surface area contributed by atoms with Crippen LogP contribution in [0.1, 0.15) is 47.9 Å². The van der Waals surface area contributed by atoms with Crippen molar-refractivity contribution in [2.24, 2.45) is 15.7 Å². The van der Waals surface area contributed by atoms with E-state index in [9.17, 15) is 14.0 Å². The van der Waals surface area contributed by atoms with E-state index in [1.54, 1.807) is 6.07 Å². The molecule has 1 unspecified atom stereocenters. The number of nitrogens with two attached hydrogens (primary N) is 1. The van der Waals surface area contributed by atoms with Crippen LogP contribution in [0.25, 0.3) is 0 Å². The average molecular weight is 504 g/mol. The average Bonchev–Trinajstić information content (AvgIpc) is 3.32. The lowest BCUT2D eigenvalue weighted by Crippen LogP contribution is -2.51. The van der Waals surface area contributed by atoms with E-state index >= 15 is 0 Å². The van der Waals surface area contributed by atoms with Gasteiger partial charge in [0.1, 0.15) is 11.7 Å². The molecule has 2 N–H and O–H groups in total. The maximum Gasteiger partial charge on any atom is 0.272 e. The second kappa shape index (κ2) is 10.5. The largest absolute Gasteiger partial charge is 0.378 e. The molecule has 3 heterocycles. The summed E-state index contributed by atoms with van der Waals surface area (Å²) in [5.41, 5.74) is 7.55. The molecular formula is C24H28ClF2N7O. The minimum absolute atomic E-state index is 0.0577. The second-order valence-corrected chi connectivity index (χ2v) is 9.13. The third-order valence-corrected chi connectivity index (χ3v) is 7.11. The first kappa shape index (κ1) is 25.4. The van der Waals surface area contributed by atoms with Crippen LogP contribution in [-0.4, -0.2) is 72.9 Å². The Labute approximate surface area is 208 Å². The topological polar surface area (TPSA) is 105 Å². The molecule has 11 heteroatoms. The van der Waals surface area contributed by atoms with Gasteiger partial charge in [0.05, 0.1) is 42.8 Å². The number of alkyl halides is 2. The Morgan fingerprint density at radius 1 is 1.29 bits per heavy atom. The number of ether oxygens (including phenoxy) is 1. The predicted molar refractivity (Wildman–Crippen MR) is 132 cm³/mol. The molecule has 0 bridgehead atoms. The van der Waals surface area contributed by atoms with Gasteiger partial charge in [0.2, 0.25) is 0 Å². The van der Waals surface area contributed by atoms with Gasteiger partial charge in [-0.3, -0.25) is 14.9 Å². The summed E-state index contributed by atoms with van der Waals surface area (Å²) in [6, 6.07) is 5.47. The molecule has 8 nitrogen and oxygen atoms in total. The molecule has 1 aromatic carbocycles. The van der Waals surface area contributed by atoms with Crippen molar-refractivity contribution in [2.75, 3.05) is 33.4 Å². The molecule has 0 radical (unpaired) electrons. The van der Waals surface area contributed by atoms with E-state index in [0.29, 0.717) is 22.9 Å². The number of likely N-dealkylation sites (tertiary alicyclic amines) is 1. The summed E-state index contributed by atoms with van der Waals surface area (Å²) in [5, 5.41) is 13.8. The van der Waals surface area contributed by atoms with E-state index in [2.05, 4.69) is 38.5 Å². The molecule has 0 amide bonds. The molecule has 1 atom stereocenters. The van der Waals surface area contributed by atoms with Gasteiger partial charge in [0.15, 0.2) is 5.15 Å². The summed E-state index contributed by atoms with van der Waals surface area (Å²) in [7, 11) is 1.50. The van der Waals surface area contributed by atoms with Gasteiger partial charge >= 0.3 is 0 Å². The summed E-state index contributed by atoms with van der Waals surface area (Å²) in [6.45, 7) is 7.23. The summed E-state index contributed by atoms with van der Waals surface area (Å²) in [5.74, 6) is -2.51. The molecule has 5 rings (SSSR count). The van der Waals surface area contributed by atoms with Crippen LogP contribution in [0.4, 0.5) is 20.2 Å². The monoisotopic (exact) mass is 503 g/mol. The van der Waals surface area contributed by atoms with Crippen molar-refractivity contribution in [3.8, 4) is 6.07 Å². The lowest BCUT2D eigenvalue weighted by atomic mass is 9.85. The van der Waals surface area contributed by atoms with E-state index in [1.807, 2.05) is 6.07 Å². The number of aliphatic imine (C=N–C) groups is 2. The number of nitrogens with zero attached hydrogens (tertiary/aromatic N) is 6. The van der Waals surface area contributed by atoms with Crippen molar-refractivity contribution in [1.29, 1.82) is 5.26 Å². The van der Waals surface area contributed by atoms with Crippen LogP contribution in [-0.2, 0) is 4.74 Å². The fourth-order valence-corrected chi connectivity index (χ4v) is 4.81. The molecule has 2 saturated heterocycles. The zero-order chi connectivity index (χ0) is 25.2. The number of benzene rings is 1. The first-order valence-electron chi connectivity index (χ1n) is 11.5. The molecule has 186 valence electrons. The van der Waals surface area contributed by atoms with Gasteiger partial charge in [-0.25, -0.2) is 13.5 Å². The molecule has 0 spiro atoms. The summed E-state index contributed by atoms with van der Waals surface area (Å²) >= 11 is 6.21. The van der Waals surface area contributed by atoms with Gasteiger partial charge in [-0.1, -0.05) is 11.6 Å². The Balaban J connectivity index is 0.00000141. The smallest absolute Gasteiger partial charge is 0.272 e. The van der Waals surface area contributed by atoms with Gasteiger partial charge in [-0.2, -0.15) is 10.4 Å². The van der Waals surface area contributed by atoms with Crippen LogP contribution in [0.2, 0.25) is 5.15 Å². The van der Waals surface area contributed by atoms with E-state index in [-0.39, 0.29) is 23.2 Å². The third-order valence-electron chi connectivity index (χ3n) is 6.74. The molecule has 1 saturated carbocycles. The van der Waals surface area contributed by atoms with Gasteiger partial charge in [0, 0.05) is 18.2 Å². The Morgan fingerprint density at radius 2 is 1.97 bits per heavy atom. The van der Waals surface area contributed by atoms with Gasteiger partial charge in [0.25, 0.3) is 5.92 Å². The predicted octanol–water partition coefficient (Wildman–Crippen LogP) is 4.22. The molecule has 3 fully saturated rings. The molecule has 3 aliphatic rings. The molecule has 1 aromatic heterocycles. The lowest BCUT2D eigenvalue weighted by molar-refractivity contribution is -0.0712. The van der Waals surface area contributed by atoms with Crippen molar-refractivity contribution in [3.05, 3.63) is 40.2 Å². The molecule has 1 aliphatic carbocycles. The quantitative estimate of drug-likeness (QED) is 0.594. The number of nitriles is 1. The van der Waals surface area contributed by atoms with Crippen LogP contribution in [0.5, 0.6) is 0 Å². The molecule has 2 aromatic rings. The van der Waals surface area contributed by atoms with Crippen LogP contribution in [0, 0.1) is 11.3 Å². The van der Waals surface area contributed by atoms with Crippen LogP contribution < -0.4 is 5.73 Å². The first-order valence-corrected chi connectivity index (χ1v) is 11.9. The highest BCUT2D eigenvalue weighted by Gasteiger charge is 2.59. The minimum Gasteiger partial charge on any atom is -0.378 e. The third kappa shape index (κ3) is 5.14. The SMILES string of the molecule is C=Nc1cc(C2CCN(C3COC3)CC2)c(C#N)cc1C=Nc1cnn(C2CC2(F)F)c1Cl.CN. The Hall–Kier alpha value is -2.71. The van der Waals surface area contributed by atoms with Crippen molar-refractivity contribution >= 4 is 35.9 Å². The number of hydrogen-bond donors (Lipinski definition) is 1. The normalized spacial score (nSPS) is 22.2. The van der Waals surface area contributed by atoms with Crippen molar-refractivity contribution in [1.82, 2.24) is 14.7 Å². The maximum absolute atomic E-state index is 13.4. The van der Waals surface area contributed by atoms with Gasteiger partial charge in [-0.05, 0) is 63.3 Å². The van der Waals surface area contributed by atoms with E-state index in [0.717, 1.165) is 49.4 Å². The lowest BCUT2D eigenvalue weighted by Gasteiger charge is -2.41. The van der Waals surface area contributed by atoms with Crippen molar-refractivity contribution < 1.29 is 13.5 Å². The summed E-state index contributed by atoms with van der Waals surface area (Å²) in [4.78, 5) is 10.9. The van der Waals surface area contributed by atoms with Crippen molar-refractivity contribution in [2.45, 2.75) is 43.2 Å². The van der Waals surface area contributed by atoms with Gasteiger partial charge in [-0.15, -0.1) is 0 Å². The second-order valence-electron chi connectivity index (χ2n) is 8.77. The Bertz CT molecular complexity index is 1150. The fourth-order valence-electron chi connectivity index (χ4n) is 4.55. The van der Waals surface area contributed by atoms with Gasteiger partial charge < -0.3 is 10.5 Å². The fraction of sp³-hybridized carbons (Fsp3) is 0.500. The van der Waals surface area contributed by atoms with Crippen LogP contribution >= 0.6 is 11.6 Å². The number of hydrogen-bond acceptors (Lipinski definition) is 7. The van der Waals surface area contributed by atoms with E-state index in [4.69, 9.17) is 16.3 Å². The molecule has 2 aliphatic heterocycles. The number of halogens is 3. The molecular weight excluding hydrogens is 476 g/mol. The van der Waals surface area contributed by atoms with Crippen LogP contribution in [0.3, 0.4) is 0 Å². The number of piperidine rings is 1. The number of aromatic nitrogens is 2. The zero-order valence-electron chi connectivity index (χ0n) is 19.5.